The van der Waals surface area contributed by atoms with Crippen LogP contribution in [0.4, 0.5) is 0 Å². The van der Waals surface area contributed by atoms with E-state index in [9.17, 15) is 4.79 Å². The second kappa shape index (κ2) is 14.9. The van der Waals surface area contributed by atoms with Crippen molar-refractivity contribution < 1.29 is 19.1 Å². The first-order valence-corrected chi connectivity index (χ1v) is 11.4. The van der Waals surface area contributed by atoms with E-state index in [1.807, 2.05) is 19.2 Å². The molecular weight excluding hydrogens is 428 g/mol. The Morgan fingerprint density at radius 1 is 0.941 bits per heavy atom. The average Bonchev–Trinajstić information content (AvgIpc) is 2.86. The zero-order valence-corrected chi connectivity index (χ0v) is 20.5. The van der Waals surface area contributed by atoms with E-state index >= 15 is 0 Å². The molecule has 0 spiro atoms. The lowest BCUT2D eigenvalue weighted by Crippen LogP contribution is -2.17. The third-order valence-corrected chi connectivity index (χ3v) is 5.34. The second-order valence-electron chi connectivity index (χ2n) is 7.99. The fourth-order valence-corrected chi connectivity index (χ4v) is 3.42. The molecule has 6 heteroatoms. The fraction of sp³-hybridized carbons (Fsp3) is 0.321. The van der Waals surface area contributed by atoms with Gasteiger partial charge in [-0.15, -0.1) is 0 Å². The van der Waals surface area contributed by atoms with Crippen LogP contribution in [-0.2, 0) is 16.2 Å². The van der Waals surface area contributed by atoms with Gasteiger partial charge in [-0.05, 0) is 50.6 Å². The van der Waals surface area contributed by atoms with Crippen LogP contribution in [0.25, 0.3) is 0 Å². The van der Waals surface area contributed by atoms with Gasteiger partial charge < -0.3 is 19.6 Å². The van der Waals surface area contributed by atoms with Gasteiger partial charge in [0.15, 0.2) is 0 Å². The highest BCUT2D eigenvalue weighted by Crippen LogP contribution is 2.25. The van der Waals surface area contributed by atoms with Crippen molar-refractivity contribution in [2.24, 2.45) is 5.90 Å². The summed E-state index contributed by atoms with van der Waals surface area (Å²) in [4.78, 5) is 14.7. The fourth-order valence-electron chi connectivity index (χ4n) is 3.42. The summed E-state index contributed by atoms with van der Waals surface area (Å²) < 4.78 is 10.7. The number of aldehydes is 1. The van der Waals surface area contributed by atoms with Gasteiger partial charge in [-0.2, -0.15) is 0 Å². The van der Waals surface area contributed by atoms with Crippen molar-refractivity contribution in [3.05, 3.63) is 94.5 Å². The monoisotopic (exact) mass is 464 g/mol. The first-order valence-electron chi connectivity index (χ1n) is 11.4. The number of hydrogen-bond acceptors (Lipinski definition) is 6. The van der Waals surface area contributed by atoms with E-state index in [1.54, 1.807) is 13.2 Å². The molecule has 0 saturated heterocycles. The Morgan fingerprint density at radius 3 is 2.00 bits per heavy atom. The Morgan fingerprint density at radius 2 is 1.53 bits per heavy atom. The Labute approximate surface area is 203 Å². The normalized spacial score (nSPS) is 10.4. The van der Waals surface area contributed by atoms with E-state index in [0.717, 1.165) is 11.8 Å². The number of ether oxygens (including phenoxy) is 2. The number of unbranched alkanes of at least 4 members (excludes halogenated alkanes) is 1. The number of nitrogens with one attached hydrogen (secondary N) is 1. The third-order valence-electron chi connectivity index (χ3n) is 5.34. The predicted octanol–water partition coefficient (Wildman–Crippen LogP) is 5.06. The summed E-state index contributed by atoms with van der Waals surface area (Å²) >= 11 is 0. The molecule has 0 aliphatic carbocycles. The summed E-state index contributed by atoms with van der Waals surface area (Å²) in [6, 6.07) is 23.1. The molecule has 0 amide bonds. The van der Waals surface area contributed by atoms with Crippen molar-refractivity contribution in [2.75, 3.05) is 20.8 Å². The molecule has 3 N–H and O–H groups in total. The maximum Gasteiger partial charge on any atom is 0.128 e. The van der Waals surface area contributed by atoms with Gasteiger partial charge in [0.05, 0.1) is 26.4 Å². The molecular formula is C28H36N2O4. The molecule has 0 fully saturated rings. The van der Waals surface area contributed by atoms with Gasteiger partial charge in [-0.3, -0.25) is 4.84 Å². The molecule has 0 radical (unpaired) electrons. The smallest absolute Gasteiger partial charge is 0.128 e. The van der Waals surface area contributed by atoms with E-state index < -0.39 is 0 Å². The maximum atomic E-state index is 10.1. The van der Waals surface area contributed by atoms with E-state index in [0.29, 0.717) is 30.9 Å². The molecule has 6 nitrogen and oxygen atoms in total. The van der Waals surface area contributed by atoms with E-state index in [2.05, 4.69) is 72.5 Å². The molecule has 3 aromatic rings. The first kappa shape index (κ1) is 27.1. The van der Waals surface area contributed by atoms with Crippen LogP contribution in [0, 0.1) is 13.8 Å². The molecule has 3 rings (SSSR count). The number of benzene rings is 3. The van der Waals surface area contributed by atoms with Crippen LogP contribution in [0.2, 0.25) is 0 Å². The summed E-state index contributed by atoms with van der Waals surface area (Å²) in [6.07, 6.45) is 2.10. The van der Waals surface area contributed by atoms with Gasteiger partial charge >= 0.3 is 0 Å². The van der Waals surface area contributed by atoms with Crippen LogP contribution in [0.1, 0.15) is 46.7 Å². The van der Waals surface area contributed by atoms with Gasteiger partial charge in [-0.25, -0.2) is 5.90 Å². The Kier molecular flexibility index (Phi) is 11.8. The van der Waals surface area contributed by atoms with Crippen LogP contribution in [0.15, 0.2) is 66.7 Å². The van der Waals surface area contributed by atoms with E-state index in [1.165, 1.54) is 22.3 Å². The van der Waals surface area contributed by atoms with Gasteiger partial charge in [0.25, 0.3) is 0 Å². The molecule has 0 aromatic heterocycles. The van der Waals surface area contributed by atoms with E-state index in [-0.39, 0.29) is 12.6 Å². The van der Waals surface area contributed by atoms with Crippen molar-refractivity contribution in [2.45, 2.75) is 39.3 Å². The van der Waals surface area contributed by atoms with Crippen LogP contribution in [-0.4, -0.2) is 27.1 Å². The zero-order chi connectivity index (χ0) is 24.8. The summed E-state index contributed by atoms with van der Waals surface area (Å²) in [5.74, 6) is 6.39. The Hall–Kier alpha value is -3.19. The van der Waals surface area contributed by atoms with Gasteiger partial charge in [-0.1, -0.05) is 59.7 Å². The molecule has 34 heavy (non-hydrogen) atoms. The largest absolute Gasteiger partial charge is 0.496 e. The summed E-state index contributed by atoms with van der Waals surface area (Å²) in [7, 11) is 3.58. The molecule has 182 valence electrons. The van der Waals surface area contributed by atoms with Crippen LogP contribution in [0.5, 0.6) is 11.5 Å². The minimum Gasteiger partial charge on any atom is -0.496 e. The third kappa shape index (κ3) is 8.63. The summed E-state index contributed by atoms with van der Waals surface area (Å²) in [5, 5.41) is 3.37. The van der Waals surface area contributed by atoms with Crippen molar-refractivity contribution in [1.82, 2.24) is 5.32 Å². The molecule has 0 atom stereocenters. The van der Waals surface area contributed by atoms with Gasteiger partial charge in [0.2, 0.25) is 0 Å². The molecule has 0 aliphatic rings. The Bertz CT molecular complexity index is 943. The first-order chi connectivity index (χ1) is 16.5. The summed E-state index contributed by atoms with van der Waals surface area (Å²) in [5.41, 5.74) is 6.07. The van der Waals surface area contributed by atoms with Crippen LogP contribution in [0.3, 0.4) is 0 Å². The van der Waals surface area contributed by atoms with Crippen molar-refractivity contribution in [1.29, 1.82) is 0 Å². The second-order valence-corrected chi connectivity index (χ2v) is 7.99. The number of methoxy groups -OCH3 is 1. The minimum atomic E-state index is 0.274. The number of carbonyl (C=O) groups is 1. The number of carbonyl (C=O) groups excluding carboxylic acids is 1. The topological polar surface area (TPSA) is 82.8 Å². The summed E-state index contributed by atoms with van der Waals surface area (Å²) in [6.45, 7) is 5.03. The maximum absolute atomic E-state index is 10.1. The zero-order valence-electron chi connectivity index (χ0n) is 20.5. The number of aryl methyl sites for hydroxylation is 2. The quantitative estimate of drug-likeness (QED) is 0.235. The van der Waals surface area contributed by atoms with E-state index in [4.69, 9.17) is 15.4 Å². The standard InChI is InChI=1S/C16H19N.C12H17NO4/c1-12-4-8-14(9-5-12)16(17-3)15-10-6-13(2)7-11-15;1-15-12-8-11(16-7-3-2-6-14)5-4-10(12)9-17-13/h4-11,16-17H,1-3H3;4-6,8H,2-3,7,9,13H2,1H3. The van der Waals surface area contributed by atoms with Crippen molar-refractivity contribution in [3.63, 3.8) is 0 Å². The minimum absolute atomic E-state index is 0.274. The lowest BCUT2D eigenvalue weighted by atomic mass is 9.97. The molecule has 0 bridgehead atoms. The average molecular weight is 465 g/mol. The molecule has 0 heterocycles. The number of rotatable bonds is 11. The van der Waals surface area contributed by atoms with Gasteiger partial charge in [0.1, 0.15) is 17.8 Å². The van der Waals surface area contributed by atoms with Crippen LogP contribution < -0.4 is 20.7 Å². The molecule has 0 saturated carbocycles. The van der Waals surface area contributed by atoms with Crippen LogP contribution >= 0.6 is 0 Å². The Balaban J connectivity index is 0.000000240. The predicted molar refractivity (Wildman–Crippen MR) is 136 cm³/mol. The molecule has 0 aliphatic heterocycles. The number of hydrogen-bond donors (Lipinski definition) is 2. The highest BCUT2D eigenvalue weighted by Gasteiger charge is 2.11. The lowest BCUT2D eigenvalue weighted by molar-refractivity contribution is -0.108. The van der Waals surface area contributed by atoms with Crippen molar-refractivity contribution >= 4 is 6.29 Å². The number of nitrogens with two attached hydrogens (primary N) is 1. The molecule has 3 aromatic carbocycles. The lowest BCUT2D eigenvalue weighted by Gasteiger charge is -2.17. The SMILES string of the molecule is CNC(c1ccc(C)cc1)c1ccc(C)cc1.COc1cc(OCCCC=O)ccc1CON. The van der Waals surface area contributed by atoms with Crippen molar-refractivity contribution in [3.8, 4) is 11.5 Å². The highest BCUT2D eigenvalue weighted by atomic mass is 16.6. The molecule has 0 unspecified atom stereocenters. The highest BCUT2D eigenvalue weighted by molar-refractivity contribution is 5.49. The van der Waals surface area contributed by atoms with Gasteiger partial charge in [0, 0.05) is 18.1 Å².